The molecule has 2 fully saturated rings. The van der Waals surface area contributed by atoms with Gasteiger partial charge in [0.05, 0.1) is 6.61 Å². The Morgan fingerprint density at radius 3 is 2.58 bits per heavy atom. The minimum Gasteiger partial charge on any atom is -0.493 e. The lowest BCUT2D eigenvalue weighted by molar-refractivity contribution is -0.136. The molecule has 1 atom stereocenters. The van der Waals surface area contributed by atoms with E-state index in [0.29, 0.717) is 30.4 Å². The minimum absolute atomic E-state index is 0.0581. The molecule has 0 bridgehead atoms. The molecule has 1 aromatic rings. The first-order valence-corrected chi connectivity index (χ1v) is 9.89. The highest BCUT2D eigenvalue weighted by molar-refractivity contribution is 5.98. The van der Waals surface area contributed by atoms with E-state index in [9.17, 15) is 9.59 Å². The van der Waals surface area contributed by atoms with Crippen LogP contribution in [0.3, 0.4) is 0 Å². The van der Waals surface area contributed by atoms with Crippen LogP contribution in [-0.2, 0) is 4.79 Å². The molecule has 0 aliphatic carbocycles. The van der Waals surface area contributed by atoms with Crippen molar-refractivity contribution in [1.82, 2.24) is 9.80 Å². The molecular weight excluding hydrogens is 328 g/mol. The maximum Gasteiger partial charge on any atom is 0.254 e. The van der Waals surface area contributed by atoms with Crippen LogP contribution in [0, 0.1) is 5.92 Å². The number of nitrogens with zero attached hydrogens (tertiary/aromatic N) is 2. The second-order valence-electron chi connectivity index (χ2n) is 7.78. The quantitative estimate of drug-likeness (QED) is 0.811. The van der Waals surface area contributed by atoms with Gasteiger partial charge in [0.1, 0.15) is 11.8 Å². The first-order valence-electron chi connectivity index (χ1n) is 9.89. The molecule has 1 aromatic carbocycles. The van der Waals surface area contributed by atoms with E-state index in [-0.39, 0.29) is 17.9 Å². The molecule has 1 unspecified atom stereocenters. The van der Waals surface area contributed by atoms with Crippen LogP contribution in [0.25, 0.3) is 0 Å². The third-order valence-electron chi connectivity index (χ3n) is 5.13. The third kappa shape index (κ3) is 4.37. The molecule has 2 amide bonds. The van der Waals surface area contributed by atoms with Gasteiger partial charge in [-0.25, -0.2) is 0 Å². The lowest BCUT2D eigenvalue weighted by atomic mass is 9.99. The summed E-state index contributed by atoms with van der Waals surface area (Å²) in [5, 5.41) is 0. The molecule has 0 aromatic heterocycles. The Bertz CT molecular complexity index is 638. The summed E-state index contributed by atoms with van der Waals surface area (Å²) in [5.74, 6) is 1.21. The van der Waals surface area contributed by atoms with Crippen LogP contribution in [0.2, 0.25) is 0 Å². The monoisotopic (exact) mass is 358 g/mol. The molecule has 142 valence electrons. The van der Waals surface area contributed by atoms with Crippen LogP contribution in [0.5, 0.6) is 5.75 Å². The molecule has 2 heterocycles. The van der Waals surface area contributed by atoms with Crippen LogP contribution in [0.4, 0.5) is 0 Å². The molecule has 0 saturated carbocycles. The van der Waals surface area contributed by atoms with Crippen molar-refractivity contribution in [1.29, 1.82) is 0 Å². The normalized spacial score (nSPS) is 20.5. The van der Waals surface area contributed by atoms with E-state index in [0.717, 1.165) is 45.2 Å². The fourth-order valence-corrected chi connectivity index (χ4v) is 3.73. The maximum atomic E-state index is 13.1. The number of hydrogen-bond donors (Lipinski definition) is 0. The van der Waals surface area contributed by atoms with E-state index in [1.807, 2.05) is 23.1 Å². The zero-order chi connectivity index (χ0) is 18.5. The highest BCUT2D eigenvalue weighted by Gasteiger charge is 2.35. The topological polar surface area (TPSA) is 49.9 Å². The second kappa shape index (κ2) is 8.56. The van der Waals surface area contributed by atoms with Gasteiger partial charge in [0.2, 0.25) is 5.91 Å². The first-order chi connectivity index (χ1) is 12.6. The molecule has 2 aliphatic rings. The van der Waals surface area contributed by atoms with Gasteiger partial charge in [-0.05, 0) is 56.2 Å². The number of benzene rings is 1. The van der Waals surface area contributed by atoms with E-state index in [1.54, 1.807) is 11.0 Å². The second-order valence-corrected chi connectivity index (χ2v) is 7.78. The number of rotatable bonds is 5. The Morgan fingerprint density at radius 1 is 1.12 bits per heavy atom. The van der Waals surface area contributed by atoms with Gasteiger partial charge < -0.3 is 14.5 Å². The van der Waals surface area contributed by atoms with Crippen LogP contribution >= 0.6 is 0 Å². The van der Waals surface area contributed by atoms with Crippen LogP contribution in [0.15, 0.2) is 24.3 Å². The Labute approximate surface area is 156 Å². The zero-order valence-electron chi connectivity index (χ0n) is 15.9. The Hall–Kier alpha value is -2.04. The van der Waals surface area contributed by atoms with Crippen LogP contribution < -0.4 is 4.74 Å². The van der Waals surface area contributed by atoms with Gasteiger partial charge in [-0.2, -0.15) is 0 Å². The van der Waals surface area contributed by atoms with E-state index < -0.39 is 0 Å². The third-order valence-corrected chi connectivity index (χ3v) is 5.13. The van der Waals surface area contributed by atoms with Crippen molar-refractivity contribution >= 4 is 11.8 Å². The van der Waals surface area contributed by atoms with Gasteiger partial charge >= 0.3 is 0 Å². The smallest absolute Gasteiger partial charge is 0.254 e. The molecule has 0 N–H and O–H groups in total. The number of hydrogen-bond acceptors (Lipinski definition) is 3. The summed E-state index contributed by atoms with van der Waals surface area (Å²) in [6, 6.07) is 7.04. The van der Waals surface area contributed by atoms with E-state index in [4.69, 9.17) is 4.74 Å². The fourth-order valence-electron chi connectivity index (χ4n) is 3.73. The number of ether oxygens (including phenoxy) is 1. The number of amides is 2. The van der Waals surface area contributed by atoms with Gasteiger partial charge in [0.25, 0.3) is 5.91 Å². The lowest BCUT2D eigenvalue weighted by Crippen LogP contribution is -2.52. The van der Waals surface area contributed by atoms with Crippen molar-refractivity contribution in [2.24, 2.45) is 5.92 Å². The first kappa shape index (κ1) is 18.7. The largest absolute Gasteiger partial charge is 0.493 e. The highest BCUT2D eigenvalue weighted by atomic mass is 16.5. The Kier molecular flexibility index (Phi) is 6.17. The van der Waals surface area contributed by atoms with Crippen molar-refractivity contribution in [2.45, 2.75) is 52.0 Å². The maximum absolute atomic E-state index is 13.1. The number of piperidine rings is 1. The molecule has 3 rings (SSSR count). The van der Waals surface area contributed by atoms with Gasteiger partial charge in [0, 0.05) is 25.2 Å². The number of carbonyl (C=O) groups excluding carboxylic acids is 2. The van der Waals surface area contributed by atoms with Crippen molar-refractivity contribution in [3.63, 3.8) is 0 Å². The zero-order valence-corrected chi connectivity index (χ0v) is 15.9. The summed E-state index contributed by atoms with van der Waals surface area (Å²) in [6.45, 7) is 7.12. The predicted molar refractivity (Wildman–Crippen MR) is 101 cm³/mol. The average molecular weight is 358 g/mol. The molecule has 0 spiro atoms. The van der Waals surface area contributed by atoms with E-state index >= 15 is 0 Å². The summed E-state index contributed by atoms with van der Waals surface area (Å²) in [4.78, 5) is 29.7. The van der Waals surface area contributed by atoms with E-state index in [2.05, 4.69) is 13.8 Å². The summed E-state index contributed by atoms with van der Waals surface area (Å²) in [5.41, 5.74) is 0.604. The highest BCUT2D eigenvalue weighted by Crippen LogP contribution is 2.24. The van der Waals surface area contributed by atoms with E-state index in [1.165, 1.54) is 0 Å². The van der Waals surface area contributed by atoms with Crippen molar-refractivity contribution in [2.75, 3.05) is 26.2 Å². The van der Waals surface area contributed by atoms with Crippen LogP contribution in [0.1, 0.15) is 56.3 Å². The van der Waals surface area contributed by atoms with Gasteiger partial charge in [-0.1, -0.05) is 19.9 Å². The van der Waals surface area contributed by atoms with Gasteiger partial charge in [0.15, 0.2) is 0 Å². The van der Waals surface area contributed by atoms with Crippen molar-refractivity contribution < 1.29 is 14.3 Å². The summed E-state index contributed by atoms with van der Waals surface area (Å²) >= 11 is 0. The van der Waals surface area contributed by atoms with Gasteiger partial charge in [-0.15, -0.1) is 0 Å². The summed E-state index contributed by atoms with van der Waals surface area (Å²) < 4.78 is 5.76. The molecular formula is C21H30N2O3. The van der Waals surface area contributed by atoms with Crippen molar-refractivity contribution in [3.05, 3.63) is 29.8 Å². The Balaban J connectivity index is 1.73. The fraction of sp³-hybridized carbons (Fsp3) is 0.619. The molecule has 0 radical (unpaired) electrons. The van der Waals surface area contributed by atoms with Crippen LogP contribution in [-0.4, -0.2) is 53.9 Å². The summed E-state index contributed by atoms with van der Waals surface area (Å²) in [7, 11) is 0. The van der Waals surface area contributed by atoms with Crippen molar-refractivity contribution in [3.8, 4) is 5.75 Å². The van der Waals surface area contributed by atoms with Gasteiger partial charge in [-0.3, -0.25) is 9.59 Å². The lowest BCUT2D eigenvalue weighted by Gasteiger charge is -2.36. The molecule has 26 heavy (non-hydrogen) atoms. The SMILES string of the molecule is CC(C)COc1cccc(C(=O)N2CCCCC2C(=O)N2CCCC2)c1. The standard InChI is InChI=1S/C21H30N2O3/c1-16(2)15-26-18-9-7-8-17(14-18)20(24)23-13-4-3-10-19(23)21(25)22-11-5-6-12-22/h7-9,14,16,19H,3-6,10-13,15H2,1-2H3. The molecule has 5 heteroatoms. The Morgan fingerprint density at radius 2 is 1.85 bits per heavy atom. The molecule has 5 nitrogen and oxygen atoms in total. The number of likely N-dealkylation sites (tertiary alicyclic amines) is 2. The summed E-state index contributed by atoms with van der Waals surface area (Å²) in [6.07, 6.45) is 4.87. The predicted octanol–water partition coefficient (Wildman–Crippen LogP) is 3.34. The molecule has 2 saturated heterocycles. The minimum atomic E-state index is -0.311. The number of carbonyl (C=O) groups is 2. The molecule has 2 aliphatic heterocycles. The average Bonchev–Trinajstić information content (AvgIpc) is 3.20.